The van der Waals surface area contributed by atoms with Gasteiger partial charge in [0, 0.05) is 6.54 Å². The Morgan fingerprint density at radius 1 is 1.07 bits per heavy atom. The van der Waals surface area contributed by atoms with Crippen LogP contribution >= 0.6 is 0 Å². The highest BCUT2D eigenvalue weighted by Gasteiger charge is 2.03. The van der Waals surface area contributed by atoms with E-state index < -0.39 is 0 Å². The van der Waals surface area contributed by atoms with E-state index >= 15 is 0 Å². The Morgan fingerprint density at radius 3 is 2.07 bits per heavy atom. The standard InChI is InChI=1S/C14H23N/c1-10(2)8-15-9-14-12(4)6-11(3)7-13(14)5/h6-7,10,15H,8-9H2,1-5H3. The quantitative estimate of drug-likeness (QED) is 0.795. The van der Waals surface area contributed by atoms with Gasteiger partial charge in [-0.2, -0.15) is 0 Å². The van der Waals surface area contributed by atoms with Crippen molar-refractivity contribution in [3.63, 3.8) is 0 Å². The number of rotatable bonds is 4. The van der Waals surface area contributed by atoms with Gasteiger partial charge in [-0.25, -0.2) is 0 Å². The van der Waals surface area contributed by atoms with Crippen molar-refractivity contribution < 1.29 is 0 Å². The summed E-state index contributed by atoms with van der Waals surface area (Å²) in [5.41, 5.74) is 5.63. The molecule has 1 aromatic rings. The molecule has 0 atom stereocenters. The second-order valence-electron chi connectivity index (χ2n) is 4.90. The van der Waals surface area contributed by atoms with Crippen molar-refractivity contribution in [3.05, 3.63) is 34.4 Å². The number of benzene rings is 1. The molecule has 0 spiro atoms. The average molecular weight is 205 g/mol. The van der Waals surface area contributed by atoms with E-state index in [-0.39, 0.29) is 0 Å². The molecule has 1 heteroatoms. The summed E-state index contributed by atoms with van der Waals surface area (Å²) in [6.45, 7) is 13.1. The molecule has 0 aliphatic heterocycles. The summed E-state index contributed by atoms with van der Waals surface area (Å²) in [4.78, 5) is 0. The molecule has 0 saturated carbocycles. The van der Waals surface area contributed by atoms with Crippen LogP contribution in [0, 0.1) is 26.7 Å². The largest absolute Gasteiger partial charge is 0.312 e. The van der Waals surface area contributed by atoms with Crippen LogP contribution in [0.2, 0.25) is 0 Å². The van der Waals surface area contributed by atoms with Crippen molar-refractivity contribution in [2.75, 3.05) is 6.54 Å². The van der Waals surface area contributed by atoms with Crippen molar-refractivity contribution >= 4 is 0 Å². The fourth-order valence-electron chi connectivity index (χ4n) is 1.97. The minimum Gasteiger partial charge on any atom is -0.312 e. The molecule has 1 nitrogen and oxygen atoms in total. The van der Waals surface area contributed by atoms with Gasteiger partial charge >= 0.3 is 0 Å². The maximum absolute atomic E-state index is 3.50. The molecule has 0 amide bonds. The van der Waals surface area contributed by atoms with Crippen LogP contribution in [-0.4, -0.2) is 6.54 Å². The van der Waals surface area contributed by atoms with Gasteiger partial charge < -0.3 is 5.32 Å². The molecule has 15 heavy (non-hydrogen) atoms. The second kappa shape index (κ2) is 5.32. The highest BCUT2D eigenvalue weighted by Crippen LogP contribution is 2.15. The van der Waals surface area contributed by atoms with E-state index in [1.807, 2.05) is 0 Å². The molecule has 0 radical (unpaired) electrons. The molecule has 0 bridgehead atoms. The zero-order chi connectivity index (χ0) is 11.4. The van der Waals surface area contributed by atoms with Gasteiger partial charge in [0.2, 0.25) is 0 Å². The van der Waals surface area contributed by atoms with Crippen molar-refractivity contribution in [3.8, 4) is 0 Å². The molecule has 1 rings (SSSR count). The zero-order valence-electron chi connectivity index (χ0n) is 10.6. The molecule has 0 saturated heterocycles. The number of hydrogen-bond donors (Lipinski definition) is 1. The van der Waals surface area contributed by atoms with Crippen LogP contribution in [0.4, 0.5) is 0 Å². The molecular weight excluding hydrogens is 182 g/mol. The van der Waals surface area contributed by atoms with Crippen LogP contribution in [-0.2, 0) is 6.54 Å². The zero-order valence-corrected chi connectivity index (χ0v) is 10.6. The summed E-state index contributed by atoms with van der Waals surface area (Å²) in [7, 11) is 0. The van der Waals surface area contributed by atoms with Crippen molar-refractivity contribution in [1.29, 1.82) is 0 Å². The lowest BCUT2D eigenvalue weighted by Crippen LogP contribution is -2.20. The lowest BCUT2D eigenvalue weighted by atomic mass is 10.00. The minimum absolute atomic E-state index is 0.719. The Balaban J connectivity index is 2.68. The van der Waals surface area contributed by atoms with Crippen LogP contribution in [0.3, 0.4) is 0 Å². The van der Waals surface area contributed by atoms with Gasteiger partial charge in [0.15, 0.2) is 0 Å². The Bertz CT molecular complexity index is 303. The van der Waals surface area contributed by atoms with Crippen molar-refractivity contribution in [1.82, 2.24) is 5.32 Å². The predicted octanol–water partition coefficient (Wildman–Crippen LogP) is 3.36. The van der Waals surface area contributed by atoms with E-state index in [2.05, 4.69) is 52.1 Å². The van der Waals surface area contributed by atoms with Crippen LogP contribution in [0.15, 0.2) is 12.1 Å². The smallest absolute Gasteiger partial charge is 0.0210 e. The third-order valence-electron chi connectivity index (χ3n) is 2.69. The maximum Gasteiger partial charge on any atom is 0.0210 e. The Morgan fingerprint density at radius 2 is 1.60 bits per heavy atom. The number of hydrogen-bond acceptors (Lipinski definition) is 1. The van der Waals surface area contributed by atoms with Gasteiger partial charge in [-0.05, 0) is 49.9 Å². The predicted molar refractivity (Wildman–Crippen MR) is 67.2 cm³/mol. The molecule has 84 valence electrons. The van der Waals surface area contributed by atoms with E-state index in [1.54, 1.807) is 0 Å². The highest BCUT2D eigenvalue weighted by molar-refractivity contribution is 5.37. The lowest BCUT2D eigenvalue weighted by molar-refractivity contribution is 0.551. The first kappa shape index (κ1) is 12.3. The first-order chi connectivity index (χ1) is 7.00. The van der Waals surface area contributed by atoms with E-state index in [0.717, 1.165) is 19.0 Å². The van der Waals surface area contributed by atoms with Crippen LogP contribution < -0.4 is 5.32 Å². The minimum atomic E-state index is 0.719. The topological polar surface area (TPSA) is 12.0 Å². The number of nitrogens with one attached hydrogen (secondary N) is 1. The van der Waals surface area contributed by atoms with Gasteiger partial charge in [-0.15, -0.1) is 0 Å². The monoisotopic (exact) mass is 205 g/mol. The van der Waals surface area contributed by atoms with Crippen LogP contribution in [0.5, 0.6) is 0 Å². The SMILES string of the molecule is Cc1cc(C)c(CNCC(C)C)c(C)c1. The fraction of sp³-hybridized carbons (Fsp3) is 0.571. The van der Waals surface area contributed by atoms with Gasteiger partial charge in [-0.3, -0.25) is 0 Å². The Hall–Kier alpha value is -0.820. The lowest BCUT2D eigenvalue weighted by Gasteiger charge is -2.13. The molecular formula is C14H23N. The van der Waals surface area contributed by atoms with Gasteiger partial charge in [0.25, 0.3) is 0 Å². The molecule has 0 fully saturated rings. The summed E-state index contributed by atoms with van der Waals surface area (Å²) in [6.07, 6.45) is 0. The van der Waals surface area contributed by atoms with Gasteiger partial charge in [-0.1, -0.05) is 31.5 Å². The molecule has 1 aromatic carbocycles. The maximum atomic E-state index is 3.50. The summed E-state index contributed by atoms with van der Waals surface area (Å²) in [5, 5.41) is 3.50. The van der Waals surface area contributed by atoms with E-state index in [4.69, 9.17) is 0 Å². The summed E-state index contributed by atoms with van der Waals surface area (Å²) >= 11 is 0. The molecule has 0 aliphatic carbocycles. The molecule has 1 N–H and O–H groups in total. The van der Waals surface area contributed by atoms with Gasteiger partial charge in [0.05, 0.1) is 0 Å². The highest BCUT2D eigenvalue weighted by atomic mass is 14.9. The van der Waals surface area contributed by atoms with Gasteiger partial charge in [0.1, 0.15) is 0 Å². The first-order valence-corrected chi connectivity index (χ1v) is 5.78. The van der Waals surface area contributed by atoms with E-state index in [0.29, 0.717) is 0 Å². The normalized spacial score (nSPS) is 11.1. The average Bonchev–Trinajstić information content (AvgIpc) is 2.08. The molecule has 0 heterocycles. The summed E-state index contributed by atoms with van der Waals surface area (Å²) < 4.78 is 0. The second-order valence-corrected chi connectivity index (χ2v) is 4.90. The molecule has 0 aromatic heterocycles. The van der Waals surface area contributed by atoms with Crippen molar-refractivity contribution in [2.24, 2.45) is 5.92 Å². The fourth-order valence-corrected chi connectivity index (χ4v) is 1.97. The third kappa shape index (κ3) is 3.67. The molecule has 0 unspecified atom stereocenters. The van der Waals surface area contributed by atoms with Crippen LogP contribution in [0.1, 0.15) is 36.1 Å². The Labute approximate surface area is 93.9 Å². The molecule has 0 aliphatic rings. The summed E-state index contributed by atoms with van der Waals surface area (Å²) in [5.74, 6) is 0.719. The third-order valence-corrected chi connectivity index (χ3v) is 2.69. The first-order valence-electron chi connectivity index (χ1n) is 5.78. The van der Waals surface area contributed by atoms with E-state index in [1.165, 1.54) is 22.3 Å². The number of aryl methyl sites for hydroxylation is 3. The Kier molecular flexibility index (Phi) is 4.34. The summed E-state index contributed by atoms with van der Waals surface area (Å²) in [6, 6.07) is 4.53. The van der Waals surface area contributed by atoms with Crippen molar-refractivity contribution in [2.45, 2.75) is 41.2 Å². The van der Waals surface area contributed by atoms with E-state index in [9.17, 15) is 0 Å². The van der Waals surface area contributed by atoms with Crippen LogP contribution in [0.25, 0.3) is 0 Å².